The molecule has 0 saturated heterocycles. The van der Waals surface area contributed by atoms with Crippen LogP contribution in [0.15, 0.2) is 12.1 Å². The van der Waals surface area contributed by atoms with Gasteiger partial charge in [-0.2, -0.15) is 15.0 Å². The Labute approximate surface area is 119 Å². The first-order valence-electron chi connectivity index (χ1n) is 5.11. The molecule has 0 unspecified atom stereocenters. The Morgan fingerprint density at radius 1 is 1.22 bits per heavy atom. The molecule has 0 aliphatic rings. The predicted octanol–water partition coefficient (Wildman–Crippen LogP) is 2.92. The number of thiophene rings is 1. The summed E-state index contributed by atoms with van der Waals surface area (Å²) in [5, 5.41) is 3.26. The molecule has 0 fully saturated rings. The second kappa shape index (κ2) is 5.69. The van der Waals surface area contributed by atoms with Crippen LogP contribution in [0.5, 0.6) is 0 Å². The lowest BCUT2D eigenvalue weighted by atomic mass is 10.5. The van der Waals surface area contributed by atoms with Crippen LogP contribution < -0.4 is 10.2 Å². The molecule has 5 nitrogen and oxygen atoms in total. The fourth-order valence-corrected chi connectivity index (χ4v) is 2.41. The Morgan fingerprint density at radius 2 is 2.00 bits per heavy atom. The zero-order valence-corrected chi connectivity index (χ0v) is 12.1. The summed E-state index contributed by atoms with van der Waals surface area (Å²) in [6.45, 7) is 0.602. The van der Waals surface area contributed by atoms with Crippen molar-refractivity contribution in [2.75, 3.05) is 24.3 Å². The standard InChI is InChI=1S/C10H11Cl2N5S/c1-17(2)10-15-8(12)14-9(16-10)13-5-6-3-4-7(11)18-6/h3-4H,5H2,1-2H3,(H,13,14,15,16). The van der Waals surface area contributed by atoms with Crippen LogP contribution in [0.4, 0.5) is 11.9 Å². The Morgan fingerprint density at radius 3 is 2.61 bits per heavy atom. The van der Waals surface area contributed by atoms with E-state index >= 15 is 0 Å². The van der Waals surface area contributed by atoms with Crippen molar-refractivity contribution in [3.8, 4) is 0 Å². The topological polar surface area (TPSA) is 53.9 Å². The van der Waals surface area contributed by atoms with Crippen molar-refractivity contribution >= 4 is 46.4 Å². The summed E-state index contributed by atoms with van der Waals surface area (Å²) >= 11 is 13.2. The number of aromatic nitrogens is 3. The van der Waals surface area contributed by atoms with Gasteiger partial charge in [0, 0.05) is 19.0 Å². The minimum Gasteiger partial charge on any atom is -0.349 e. The molecule has 2 aromatic heterocycles. The number of rotatable bonds is 4. The van der Waals surface area contributed by atoms with Crippen LogP contribution in [0, 0.1) is 0 Å². The average Bonchev–Trinajstić information content (AvgIpc) is 2.72. The second-order valence-corrected chi connectivity index (χ2v) is 5.82. The zero-order valence-electron chi connectivity index (χ0n) is 9.81. The maximum absolute atomic E-state index is 5.86. The molecule has 2 heterocycles. The molecule has 2 rings (SSSR count). The summed E-state index contributed by atoms with van der Waals surface area (Å²) in [6.07, 6.45) is 0. The van der Waals surface area contributed by atoms with Gasteiger partial charge in [0.05, 0.1) is 10.9 Å². The monoisotopic (exact) mass is 303 g/mol. The van der Waals surface area contributed by atoms with Crippen molar-refractivity contribution in [1.82, 2.24) is 15.0 Å². The molecule has 2 aromatic rings. The van der Waals surface area contributed by atoms with Crippen LogP contribution in [-0.2, 0) is 6.54 Å². The van der Waals surface area contributed by atoms with Gasteiger partial charge in [0.25, 0.3) is 0 Å². The minimum atomic E-state index is 0.167. The van der Waals surface area contributed by atoms with E-state index in [-0.39, 0.29) is 5.28 Å². The Hall–Kier alpha value is -1.11. The first-order valence-corrected chi connectivity index (χ1v) is 6.69. The highest BCUT2D eigenvalue weighted by Gasteiger charge is 2.06. The molecule has 0 saturated carbocycles. The molecular formula is C10H11Cl2N5S. The molecular weight excluding hydrogens is 293 g/mol. The predicted molar refractivity (Wildman–Crippen MR) is 75.8 cm³/mol. The third-order valence-electron chi connectivity index (χ3n) is 2.05. The summed E-state index contributed by atoms with van der Waals surface area (Å²) in [5.41, 5.74) is 0. The quantitative estimate of drug-likeness (QED) is 0.941. The van der Waals surface area contributed by atoms with Gasteiger partial charge in [-0.05, 0) is 23.7 Å². The normalized spacial score (nSPS) is 10.4. The summed E-state index contributed by atoms with van der Waals surface area (Å²) < 4.78 is 0.759. The van der Waals surface area contributed by atoms with Crippen LogP contribution in [0.3, 0.4) is 0 Å². The van der Waals surface area contributed by atoms with Gasteiger partial charge in [-0.25, -0.2) is 0 Å². The van der Waals surface area contributed by atoms with Gasteiger partial charge >= 0.3 is 0 Å². The lowest BCUT2D eigenvalue weighted by Gasteiger charge is -2.11. The molecule has 0 spiro atoms. The highest BCUT2D eigenvalue weighted by Crippen LogP contribution is 2.22. The molecule has 0 bridgehead atoms. The van der Waals surface area contributed by atoms with Gasteiger partial charge in [-0.3, -0.25) is 0 Å². The Kier molecular flexibility index (Phi) is 4.21. The van der Waals surface area contributed by atoms with Crippen molar-refractivity contribution in [3.05, 3.63) is 26.6 Å². The van der Waals surface area contributed by atoms with Gasteiger partial charge in [-0.15, -0.1) is 11.3 Å². The first kappa shape index (κ1) is 13.3. The number of hydrogen-bond acceptors (Lipinski definition) is 6. The van der Waals surface area contributed by atoms with E-state index in [2.05, 4.69) is 20.3 Å². The molecule has 0 aliphatic heterocycles. The fraction of sp³-hybridized carbons (Fsp3) is 0.300. The summed E-state index contributed by atoms with van der Waals surface area (Å²) in [4.78, 5) is 15.1. The maximum atomic E-state index is 5.86. The number of nitrogens with zero attached hydrogens (tertiary/aromatic N) is 4. The van der Waals surface area contributed by atoms with E-state index in [1.54, 1.807) is 4.90 Å². The van der Waals surface area contributed by atoms with Gasteiger partial charge in [0.1, 0.15) is 0 Å². The van der Waals surface area contributed by atoms with E-state index in [9.17, 15) is 0 Å². The second-order valence-electron chi connectivity index (χ2n) is 3.68. The number of hydrogen-bond donors (Lipinski definition) is 1. The van der Waals surface area contributed by atoms with Crippen LogP contribution in [-0.4, -0.2) is 29.0 Å². The van der Waals surface area contributed by atoms with Gasteiger partial charge in [-0.1, -0.05) is 11.6 Å². The largest absolute Gasteiger partial charge is 0.349 e. The lowest BCUT2D eigenvalue weighted by Crippen LogP contribution is -2.15. The van der Waals surface area contributed by atoms with Crippen molar-refractivity contribution < 1.29 is 0 Å². The highest BCUT2D eigenvalue weighted by molar-refractivity contribution is 7.16. The van der Waals surface area contributed by atoms with E-state index in [1.807, 2.05) is 26.2 Å². The van der Waals surface area contributed by atoms with Crippen molar-refractivity contribution in [2.24, 2.45) is 0 Å². The number of nitrogens with one attached hydrogen (secondary N) is 1. The highest BCUT2D eigenvalue weighted by atomic mass is 35.5. The first-order chi connectivity index (χ1) is 8.54. The maximum Gasteiger partial charge on any atom is 0.230 e. The van der Waals surface area contributed by atoms with Crippen molar-refractivity contribution in [3.63, 3.8) is 0 Å². The summed E-state index contributed by atoms with van der Waals surface area (Å²) in [6, 6.07) is 3.81. The number of anilines is 2. The summed E-state index contributed by atoms with van der Waals surface area (Å²) in [7, 11) is 3.68. The molecule has 0 atom stereocenters. The number of halogens is 2. The molecule has 0 aliphatic carbocycles. The van der Waals surface area contributed by atoms with Gasteiger partial charge < -0.3 is 10.2 Å². The van der Waals surface area contributed by atoms with Crippen LogP contribution in [0.2, 0.25) is 9.62 Å². The van der Waals surface area contributed by atoms with Crippen LogP contribution >= 0.6 is 34.5 Å². The van der Waals surface area contributed by atoms with E-state index in [0.29, 0.717) is 18.4 Å². The Bertz CT molecular complexity index is 543. The third kappa shape index (κ3) is 3.44. The fourth-order valence-electron chi connectivity index (χ4n) is 1.23. The Balaban J connectivity index is 2.09. The molecule has 0 radical (unpaired) electrons. The molecule has 8 heteroatoms. The minimum absolute atomic E-state index is 0.167. The molecule has 96 valence electrons. The van der Waals surface area contributed by atoms with E-state index < -0.39 is 0 Å². The van der Waals surface area contributed by atoms with E-state index in [1.165, 1.54) is 11.3 Å². The molecule has 0 amide bonds. The van der Waals surface area contributed by atoms with Gasteiger partial charge in [0.15, 0.2) is 0 Å². The lowest BCUT2D eigenvalue weighted by molar-refractivity contribution is 0.945. The smallest absolute Gasteiger partial charge is 0.230 e. The van der Waals surface area contributed by atoms with E-state index in [0.717, 1.165) is 9.21 Å². The van der Waals surface area contributed by atoms with Crippen LogP contribution in [0.1, 0.15) is 4.88 Å². The van der Waals surface area contributed by atoms with E-state index in [4.69, 9.17) is 23.2 Å². The van der Waals surface area contributed by atoms with Crippen molar-refractivity contribution in [2.45, 2.75) is 6.54 Å². The summed E-state index contributed by atoms with van der Waals surface area (Å²) in [5.74, 6) is 0.963. The van der Waals surface area contributed by atoms with Gasteiger partial charge in [0.2, 0.25) is 17.2 Å². The average molecular weight is 304 g/mol. The SMILES string of the molecule is CN(C)c1nc(Cl)nc(NCc2ccc(Cl)s2)n1. The van der Waals surface area contributed by atoms with Crippen LogP contribution in [0.25, 0.3) is 0 Å². The molecule has 1 N–H and O–H groups in total. The third-order valence-corrected chi connectivity index (χ3v) is 3.45. The van der Waals surface area contributed by atoms with Crippen molar-refractivity contribution in [1.29, 1.82) is 0 Å². The molecule has 18 heavy (non-hydrogen) atoms. The zero-order chi connectivity index (χ0) is 13.1. The molecule has 0 aromatic carbocycles.